The third-order valence-corrected chi connectivity index (χ3v) is 5.99. The van der Waals surface area contributed by atoms with Crippen molar-refractivity contribution in [1.82, 2.24) is 0 Å². The summed E-state index contributed by atoms with van der Waals surface area (Å²) in [6.45, 7) is 2.87. The Morgan fingerprint density at radius 2 is 1.50 bits per heavy atom. The van der Waals surface area contributed by atoms with Crippen molar-refractivity contribution in [2.75, 3.05) is 6.61 Å². The van der Waals surface area contributed by atoms with Gasteiger partial charge in [0, 0.05) is 13.4 Å². The molecule has 152 valence electrons. The summed E-state index contributed by atoms with van der Waals surface area (Å²) in [5.74, 6) is 1.28. The van der Waals surface area contributed by atoms with Gasteiger partial charge in [-0.25, -0.2) is 0 Å². The van der Waals surface area contributed by atoms with Crippen LogP contribution in [0.15, 0.2) is 74.1 Å². The predicted octanol–water partition coefficient (Wildman–Crippen LogP) is 8.02. The molecule has 0 saturated heterocycles. The smallest absolute Gasteiger partial charge is 0.162 e. The minimum atomic E-state index is 0.428. The quantitative estimate of drug-likeness (QED) is 0.206. The fourth-order valence-electron chi connectivity index (χ4n) is 2.75. The molecule has 0 N–H and O–H groups in total. The van der Waals surface area contributed by atoms with Crippen LogP contribution in [0.1, 0.15) is 23.6 Å². The molecule has 0 spiro atoms. The number of nitriles is 1. The summed E-state index contributed by atoms with van der Waals surface area (Å²) in [5.41, 5.74) is 3.31. The van der Waals surface area contributed by atoms with Crippen molar-refractivity contribution in [3.05, 3.63) is 90.8 Å². The van der Waals surface area contributed by atoms with Crippen LogP contribution in [0, 0.1) is 11.3 Å². The standard InChI is InChI=1S/C24H18Br3NO2/c1-2-29-23-12-18(11-19(14-28)17-5-9-21(26)10-6-17)22(27)13-24(23)30-15-16-3-7-20(25)8-4-16/h3-13H,2,15H2,1H3/b19-11+. The minimum Gasteiger partial charge on any atom is -0.490 e. The molecule has 3 aromatic rings. The van der Waals surface area contributed by atoms with E-state index in [9.17, 15) is 5.26 Å². The van der Waals surface area contributed by atoms with Gasteiger partial charge in [-0.3, -0.25) is 0 Å². The summed E-state index contributed by atoms with van der Waals surface area (Å²) in [6, 6.07) is 21.7. The van der Waals surface area contributed by atoms with Crippen molar-refractivity contribution in [2.45, 2.75) is 13.5 Å². The first-order chi connectivity index (χ1) is 14.5. The van der Waals surface area contributed by atoms with Crippen molar-refractivity contribution in [3.63, 3.8) is 0 Å². The molecule has 0 unspecified atom stereocenters. The molecule has 0 heterocycles. The SMILES string of the molecule is CCOc1cc(/C=C(\C#N)c2ccc(Br)cc2)c(Br)cc1OCc1ccc(Br)cc1. The third-order valence-electron chi connectivity index (χ3n) is 4.25. The number of halogens is 3. The van der Waals surface area contributed by atoms with Crippen LogP contribution in [-0.2, 0) is 6.61 Å². The average Bonchev–Trinajstić information content (AvgIpc) is 2.74. The van der Waals surface area contributed by atoms with Gasteiger partial charge in [-0.2, -0.15) is 5.26 Å². The first kappa shape index (κ1) is 22.6. The summed E-state index contributed by atoms with van der Waals surface area (Å²) < 4.78 is 14.6. The second kappa shape index (κ2) is 10.8. The molecule has 3 nitrogen and oxygen atoms in total. The van der Waals surface area contributed by atoms with Gasteiger partial charge >= 0.3 is 0 Å². The van der Waals surface area contributed by atoms with Crippen LogP contribution in [0.4, 0.5) is 0 Å². The van der Waals surface area contributed by atoms with Crippen LogP contribution in [0.5, 0.6) is 11.5 Å². The molecule has 0 bridgehead atoms. The Morgan fingerprint density at radius 3 is 2.10 bits per heavy atom. The van der Waals surface area contributed by atoms with E-state index in [-0.39, 0.29) is 0 Å². The lowest BCUT2D eigenvalue weighted by Gasteiger charge is -2.14. The highest BCUT2D eigenvalue weighted by Gasteiger charge is 2.12. The van der Waals surface area contributed by atoms with Crippen molar-refractivity contribution in [1.29, 1.82) is 5.26 Å². The maximum Gasteiger partial charge on any atom is 0.162 e. The fraction of sp³-hybridized carbons (Fsp3) is 0.125. The Hall–Kier alpha value is -2.07. The van der Waals surface area contributed by atoms with E-state index in [1.807, 2.05) is 73.7 Å². The highest BCUT2D eigenvalue weighted by Crippen LogP contribution is 2.36. The molecule has 0 fully saturated rings. The van der Waals surface area contributed by atoms with Crippen molar-refractivity contribution < 1.29 is 9.47 Å². The van der Waals surface area contributed by atoms with Crippen LogP contribution in [0.2, 0.25) is 0 Å². The van der Waals surface area contributed by atoms with E-state index in [1.54, 1.807) is 0 Å². The Kier molecular flexibility index (Phi) is 8.15. The Balaban J connectivity index is 1.90. The second-order valence-corrected chi connectivity index (χ2v) is 9.03. The molecule has 0 saturated carbocycles. The van der Waals surface area contributed by atoms with Crippen LogP contribution in [0.25, 0.3) is 11.6 Å². The fourth-order valence-corrected chi connectivity index (χ4v) is 3.71. The largest absolute Gasteiger partial charge is 0.490 e. The van der Waals surface area contributed by atoms with Crippen LogP contribution < -0.4 is 9.47 Å². The molecule has 0 aromatic heterocycles. The molecule has 0 aliphatic carbocycles. The van der Waals surface area contributed by atoms with Gasteiger partial charge in [0.05, 0.1) is 18.2 Å². The molecule has 0 aliphatic heterocycles. The number of ether oxygens (including phenoxy) is 2. The summed E-state index contributed by atoms with van der Waals surface area (Å²) in [6.07, 6.45) is 1.84. The molecule has 6 heteroatoms. The van der Waals surface area contributed by atoms with E-state index in [0.717, 1.165) is 30.1 Å². The van der Waals surface area contributed by atoms with Crippen LogP contribution in [0.3, 0.4) is 0 Å². The highest BCUT2D eigenvalue weighted by molar-refractivity contribution is 9.11. The van der Waals surface area contributed by atoms with E-state index >= 15 is 0 Å². The van der Waals surface area contributed by atoms with Gasteiger partial charge < -0.3 is 9.47 Å². The van der Waals surface area contributed by atoms with Crippen LogP contribution in [-0.4, -0.2) is 6.61 Å². The number of hydrogen-bond acceptors (Lipinski definition) is 3. The average molecular weight is 592 g/mol. The number of nitrogens with zero attached hydrogens (tertiary/aromatic N) is 1. The van der Waals surface area contributed by atoms with Crippen molar-refractivity contribution in [3.8, 4) is 17.6 Å². The van der Waals surface area contributed by atoms with Gasteiger partial charge in [-0.15, -0.1) is 0 Å². The van der Waals surface area contributed by atoms with E-state index < -0.39 is 0 Å². The molecule has 3 aromatic carbocycles. The Morgan fingerprint density at radius 1 is 0.900 bits per heavy atom. The first-order valence-electron chi connectivity index (χ1n) is 9.21. The topological polar surface area (TPSA) is 42.2 Å². The normalized spacial score (nSPS) is 11.1. The van der Waals surface area contributed by atoms with Gasteiger partial charge in [0.15, 0.2) is 11.5 Å². The zero-order valence-corrected chi connectivity index (χ0v) is 20.9. The zero-order valence-electron chi connectivity index (χ0n) is 16.2. The molecule has 0 aliphatic rings. The maximum absolute atomic E-state index is 9.65. The maximum atomic E-state index is 9.65. The number of benzene rings is 3. The van der Waals surface area contributed by atoms with Gasteiger partial charge in [-0.05, 0) is 66.1 Å². The summed E-state index contributed by atoms with van der Waals surface area (Å²) in [5, 5.41) is 9.65. The lowest BCUT2D eigenvalue weighted by molar-refractivity contribution is 0.269. The van der Waals surface area contributed by atoms with Crippen molar-refractivity contribution in [2.24, 2.45) is 0 Å². The minimum absolute atomic E-state index is 0.428. The molecule has 0 radical (unpaired) electrons. The third kappa shape index (κ3) is 5.98. The summed E-state index contributed by atoms with van der Waals surface area (Å²) in [4.78, 5) is 0. The molecular formula is C24H18Br3NO2. The Bertz CT molecular complexity index is 1090. The number of hydrogen-bond donors (Lipinski definition) is 0. The molecule has 3 rings (SSSR count). The summed E-state index contributed by atoms with van der Waals surface area (Å²) >= 11 is 10.5. The highest BCUT2D eigenvalue weighted by atomic mass is 79.9. The molecule has 0 amide bonds. The zero-order chi connectivity index (χ0) is 21.5. The second-order valence-electron chi connectivity index (χ2n) is 6.35. The van der Waals surface area contributed by atoms with E-state index in [4.69, 9.17) is 9.47 Å². The lowest BCUT2D eigenvalue weighted by atomic mass is 10.0. The van der Waals surface area contributed by atoms with Gasteiger partial charge in [0.25, 0.3) is 0 Å². The molecule has 30 heavy (non-hydrogen) atoms. The van der Waals surface area contributed by atoms with Crippen molar-refractivity contribution >= 4 is 59.4 Å². The van der Waals surface area contributed by atoms with E-state index in [1.165, 1.54) is 0 Å². The summed E-state index contributed by atoms with van der Waals surface area (Å²) in [7, 11) is 0. The monoisotopic (exact) mass is 589 g/mol. The van der Waals surface area contributed by atoms with E-state index in [0.29, 0.717) is 30.3 Å². The molecular weight excluding hydrogens is 574 g/mol. The lowest BCUT2D eigenvalue weighted by Crippen LogP contribution is -2.00. The number of rotatable bonds is 7. The van der Waals surface area contributed by atoms with Gasteiger partial charge in [0.2, 0.25) is 0 Å². The Labute approximate surface area is 201 Å². The predicted molar refractivity (Wildman–Crippen MR) is 131 cm³/mol. The van der Waals surface area contributed by atoms with E-state index in [2.05, 4.69) is 53.9 Å². The first-order valence-corrected chi connectivity index (χ1v) is 11.6. The number of allylic oxidation sites excluding steroid dienone is 1. The molecule has 0 atom stereocenters. The van der Waals surface area contributed by atoms with Gasteiger partial charge in [-0.1, -0.05) is 72.1 Å². The van der Waals surface area contributed by atoms with Crippen LogP contribution >= 0.6 is 47.8 Å². The van der Waals surface area contributed by atoms with Gasteiger partial charge in [0.1, 0.15) is 6.61 Å².